The molecule has 1 atom stereocenters. The third-order valence-corrected chi connectivity index (χ3v) is 2.65. The maximum absolute atomic E-state index is 12.8. The molecule has 0 aromatic heterocycles. The summed E-state index contributed by atoms with van der Waals surface area (Å²) in [5, 5.41) is 0. The van der Waals surface area contributed by atoms with Gasteiger partial charge in [0.05, 0.1) is 5.57 Å². The highest BCUT2D eigenvalue weighted by Crippen LogP contribution is 2.45. The van der Waals surface area contributed by atoms with Gasteiger partial charge in [-0.3, -0.25) is 0 Å². The Labute approximate surface area is 108 Å². The molecule has 0 saturated carbocycles. The molecule has 20 heavy (non-hydrogen) atoms. The molecule has 1 unspecified atom stereocenters. The quantitative estimate of drug-likeness (QED) is 0.582. The molecule has 1 aliphatic rings. The molecule has 2 rings (SSSR count). The number of hydrogen-bond acceptors (Lipinski definition) is 2. The molecule has 0 heterocycles. The van der Waals surface area contributed by atoms with Gasteiger partial charge in [0.2, 0.25) is 0 Å². The smallest absolute Gasteiger partial charge is 0.446 e. The third kappa shape index (κ3) is 2.63. The van der Waals surface area contributed by atoms with Gasteiger partial charge in [0.25, 0.3) is 0 Å². The summed E-state index contributed by atoms with van der Waals surface area (Å²) in [4.78, 5) is 10.7. The Kier molecular flexibility index (Phi) is 3.27. The van der Waals surface area contributed by atoms with Gasteiger partial charge in [-0.2, -0.15) is 26.3 Å². The van der Waals surface area contributed by atoms with Crippen LogP contribution in [-0.4, -0.2) is 18.3 Å². The summed E-state index contributed by atoms with van der Waals surface area (Å²) < 4.78 is 78.6. The summed E-state index contributed by atoms with van der Waals surface area (Å²) in [6.45, 7) is 0. The van der Waals surface area contributed by atoms with Crippen molar-refractivity contribution >= 4 is 11.5 Å². The lowest BCUT2D eigenvalue weighted by atomic mass is 10.1. The average Bonchev–Trinajstić information content (AvgIpc) is 2.67. The Morgan fingerprint density at radius 3 is 2.20 bits per heavy atom. The zero-order chi connectivity index (χ0) is 15.1. The van der Waals surface area contributed by atoms with E-state index in [0.717, 1.165) is 6.07 Å². The van der Waals surface area contributed by atoms with Crippen LogP contribution in [0.3, 0.4) is 0 Å². The highest BCUT2D eigenvalue weighted by atomic mass is 19.4. The fraction of sp³-hybridized carbons (Fsp3) is 0.250. The number of benzene rings is 1. The van der Waals surface area contributed by atoms with E-state index in [2.05, 4.69) is 4.74 Å². The zero-order valence-corrected chi connectivity index (χ0v) is 9.55. The second-order valence-corrected chi connectivity index (χ2v) is 3.99. The Morgan fingerprint density at radius 1 is 1.05 bits per heavy atom. The molecule has 1 aromatic rings. The minimum Gasteiger partial charge on any atom is -0.446 e. The first-order valence-electron chi connectivity index (χ1n) is 5.27. The first-order chi connectivity index (χ1) is 9.10. The third-order valence-electron chi connectivity index (χ3n) is 2.65. The second-order valence-electron chi connectivity index (χ2n) is 3.99. The van der Waals surface area contributed by atoms with Crippen LogP contribution in [0, 0.1) is 0 Å². The first kappa shape index (κ1) is 14.4. The summed E-state index contributed by atoms with van der Waals surface area (Å²) >= 11 is 0. The average molecular weight is 296 g/mol. The number of allylic oxidation sites excluding steroid dienone is 1. The molecule has 108 valence electrons. The van der Waals surface area contributed by atoms with Gasteiger partial charge in [0, 0.05) is 5.56 Å². The van der Waals surface area contributed by atoms with E-state index < -0.39 is 30.0 Å². The lowest BCUT2D eigenvalue weighted by Crippen LogP contribution is -2.26. The molecule has 0 bridgehead atoms. The number of hydrogen-bond donors (Lipinski definition) is 0. The van der Waals surface area contributed by atoms with Crippen LogP contribution in [0.2, 0.25) is 0 Å². The zero-order valence-electron chi connectivity index (χ0n) is 9.55. The van der Waals surface area contributed by atoms with Crippen molar-refractivity contribution in [3.63, 3.8) is 0 Å². The highest BCUT2D eigenvalue weighted by molar-refractivity contribution is 5.80. The van der Waals surface area contributed by atoms with Crippen LogP contribution < -0.4 is 0 Å². The predicted molar refractivity (Wildman–Crippen MR) is 55.4 cm³/mol. The van der Waals surface area contributed by atoms with Crippen molar-refractivity contribution in [3.8, 4) is 0 Å². The summed E-state index contributed by atoms with van der Waals surface area (Å²) in [7, 11) is 0. The number of alkyl halides is 6. The van der Waals surface area contributed by atoms with E-state index in [1.807, 2.05) is 0 Å². The number of esters is 1. The van der Waals surface area contributed by atoms with Crippen molar-refractivity contribution in [1.29, 1.82) is 0 Å². The lowest BCUT2D eigenvalue weighted by Gasteiger charge is -2.13. The molecule has 0 saturated heterocycles. The molecular weight excluding hydrogens is 290 g/mol. The number of halogens is 6. The van der Waals surface area contributed by atoms with Gasteiger partial charge < -0.3 is 4.74 Å². The summed E-state index contributed by atoms with van der Waals surface area (Å²) in [5.41, 5.74) is -1.54. The minimum atomic E-state index is -5.26. The Hall–Kier alpha value is -1.99. The lowest BCUT2D eigenvalue weighted by molar-refractivity contribution is -0.203. The summed E-state index contributed by atoms with van der Waals surface area (Å²) in [5.74, 6) is -2.53. The molecule has 0 fully saturated rings. The molecule has 1 aliphatic carbocycles. The monoisotopic (exact) mass is 296 g/mol. The van der Waals surface area contributed by atoms with Crippen LogP contribution in [0.4, 0.5) is 26.3 Å². The molecule has 2 nitrogen and oxygen atoms in total. The Bertz CT molecular complexity index is 570. The summed E-state index contributed by atoms with van der Waals surface area (Å²) in [6, 6.07) is 4.95. The minimum absolute atomic E-state index is 0.127. The molecular formula is C12H6F6O2. The Balaban J connectivity index is 2.37. The number of carbonyl (C=O) groups excluding carboxylic acids is 1. The van der Waals surface area contributed by atoms with Gasteiger partial charge in [-0.05, 0) is 11.6 Å². The van der Waals surface area contributed by atoms with Crippen LogP contribution in [0.1, 0.15) is 17.2 Å². The Morgan fingerprint density at radius 2 is 1.65 bits per heavy atom. The first-order valence-corrected chi connectivity index (χ1v) is 5.27. The van der Waals surface area contributed by atoms with Crippen LogP contribution in [-0.2, 0) is 9.53 Å². The molecule has 0 spiro atoms. The van der Waals surface area contributed by atoms with Crippen LogP contribution >= 0.6 is 0 Å². The van der Waals surface area contributed by atoms with E-state index in [1.165, 1.54) is 18.2 Å². The van der Waals surface area contributed by atoms with Crippen molar-refractivity contribution in [2.24, 2.45) is 0 Å². The molecule has 0 aliphatic heterocycles. The fourth-order valence-corrected chi connectivity index (χ4v) is 1.85. The van der Waals surface area contributed by atoms with E-state index >= 15 is 0 Å². The second kappa shape index (κ2) is 4.53. The standard InChI is InChI=1S/C12H6F6O2/c13-11(14,15)8-5-9(20-10(19)12(16,17)18)7-4-2-1-3-6(7)8/h1-5,9H. The fourth-order valence-electron chi connectivity index (χ4n) is 1.85. The topological polar surface area (TPSA) is 26.3 Å². The SMILES string of the molecule is O=C(OC1C=C(C(F)(F)F)c2ccccc21)C(F)(F)F. The normalized spacial score (nSPS) is 18.5. The van der Waals surface area contributed by atoms with E-state index in [4.69, 9.17) is 0 Å². The van der Waals surface area contributed by atoms with Crippen LogP contribution in [0.15, 0.2) is 30.3 Å². The molecule has 0 amide bonds. The number of carbonyl (C=O) groups is 1. The van der Waals surface area contributed by atoms with Crippen molar-refractivity contribution in [2.75, 3.05) is 0 Å². The maximum Gasteiger partial charge on any atom is 0.490 e. The van der Waals surface area contributed by atoms with Gasteiger partial charge in [-0.25, -0.2) is 4.79 Å². The van der Waals surface area contributed by atoms with E-state index in [0.29, 0.717) is 6.08 Å². The van der Waals surface area contributed by atoms with E-state index in [1.54, 1.807) is 0 Å². The number of ether oxygens (including phenoxy) is 1. The van der Waals surface area contributed by atoms with Gasteiger partial charge >= 0.3 is 18.3 Å². The largest absolute Gasteiger partial charge is 0.490 e. The van der Waals surface area contributed by atoms with Gasteiger partial charge in [0.15, 0.2) is 0 Å². The van der Waals surface area contributed by atoms with Crippen molar-refractivity contribution in [2.45, 2.75) is 18.5 Å². The van der Waals surface area contributed by atoms with Crippen LogP contribution in [0.25, 0.3) is 5.57 Å². The number of fused-ring (bicyclic) bond motifs is 1. The van der Waals surface area contributed by atoms with Gasteiger partial charge in [-0.15, -0.1) is 0 Å². The highest BCUT2D eigenvalue weighted by Gasteiger charge is 2.45. The maximum atomic E-state index is 12.8. The van der Waals surface area contributed by atoms with Crippen molar-refractivity contribution in [3.05, 3.63) is 41.5 Å². The number of rotatable bonds is 1. The van der Waals surface area contributed by atoms with Crippen molar-refractivity contribution in [1.82, 2.24) is 0 Å². The predicted octanol–water partition coefficient (Wildman–Crippen LogP) is 3.79. The molecule has 1 aromatic carbocycles. The van der Waals surface area contributed by atoms with Gasteiger partial charge in [0.1, 0.15) is 6.10 Å². The van der Waals surface area contributed by atoms with Crippen LogP contribution in [0.5, 0.6) is 0 Å². The molecule has 0 radical (unpaired) electrons. The van der Waals surface area contributed by atoms with E-state index in [-0.39, 0.29) is 11.1 Å². The molecule has 8 heteroatoms. The summed E-state index contributed by atoms with van der Waals surface area (Å²) in [6.07, 6.45) is -11.2. The van der Waals surface area contributed by atoms with Gasteiger partial charge in [-0.1, -0.05) is 24.3 Å². The molecule has 0 N–H and O–H groups in total. The van der Waals surface area contributed by atoms with E-state index in [9.17, 15) is 31.1 Å². The van der Waals surface area contributed by atoms with Crippen molar-refractivity contribution < 1.29 is 35.9 Å².